The number of benzene rings is 1. The van der Waals surface area contributed by atoms with Gasteiger partial charge in [-0.05, 0) is 45.7 Å². The number of anilines is 1. The molecule has 1 aromatic heterocycles. The molecule has 0 aliphatic carbocycles. The second-order valence-electron chi connectivity index (χ2n) is 8.04. The molecule has 0 saturated heterocycles. The van der Waals surface area contributed by atoms with Gasteiger partial charge in [0.25, 0.3) is 0 Å². The van der Waals surface area contributed by atoms with Crippen molar-refractivity contribution in [1.29, 1.82) is 0 Å². The van der Waals surface area contributed by atoms with Crippen LogP contribution in [0.3, 0.4) is 0 Å². The van der Waals surface area contributed by atoms with Crippen molar-refractivity contribution in [3.05, 3.63) is 33.6 Å². The molecule has 9 heteroatoms. The maximum Gasteiger partial charge on any atom is 0.408 e. The van der Waals surface area contributed by atoms with Gasteiger partial charge in [-0.25, -0.2) is 9.59 Å². The predicted molar refractivity (Wildman–Crippen MR) is 115 cm³/mol. The highest BCUT2D eigenvalue weighted by molar-refractivity contribution is 6.36. The van der Waals surface area contributed by atoms with Gasteiger partial charge >= 0.3 is 17.7 Å². The van der Waals surface area contributed by atoms with E-state index in [4.69, 9.17) is 25.5 Å². The van der Waals surface area contributed by atoms with Gasteiger partial charge in [-0.2, -0.15) is 0 Å². The fourth-order valence-electron chi connectivity index (χ4n) is 2.69. The van der Waals surface area contributed by atoms with Gasteiger partial charge in [0.05, 0.1) is 12.0 Å². The van der Waals surface area contributed by atoms with Crippen molar-refractivity contribution < 1.29 is 23.5 Å². The second-order valence-corrected chi connectivity index (χ2v) is 8.42. The smallest absolute Gasteiger partial charge is 0.408 e. The Morgan fingerprint density at radius 2 is 1.87 bits per heavy atom. The van der Waals surface area contributed by atoms with Gasteiger partial charge in [0, 0.05) is 11.1 Å². The summed E-state index contributed by atoms with van der Waals surface area (Å²) in [6.07, 6.45) is -0.689. The van der Waals surface area contributed by atoms with E-state index >= 15 is 0 Å². The highest BCUT2D eigenvalue weighted by atomic mass is 35.5. The van der Waals surface area contributed by atoms with E-state index in [9.17, 15) is 14.4 Å². The lowest BCUT2D eigenvalue weighted by atomic mass is 10.0. The molecule has 0 bridgehead atoms. The largest absolute Gasteiger partial charge is 0.464 e. The van der Waals surface area contributed by atoms with Gasteiger partial charge in [-0.3, -0.25) is 4.79 Å². The molecule has 30 heavy (non-hydrogen) atoms. The van der Waals surface area contributed by atoms with E-state index in [1.165, 1.54) is 6.07 Å². The average molecular weight is 439 g/mol. The summed E-state index contributed by atoms with van der Waals surface area (Å²) < 4.78 is 15.6. The molecule has 2 N–H and O–H groups in total. The van der Waals surface area contributed by atoms with E-state index in [1.807, 2.05) is 0 Å². The Labute approximate surface area is 179 Å². The van der Waals surface area contributed by atoms with E-state index in [0.29, 0.717) is 17.7 Å². The minimum absolute atomic E-state index is 0.0464. The Morgan fingerprint density at radius 1 is 1.20 bits per heavy atom. The van der Waals surface area contributed by atoms with Crippen LogP contribution in [0.5, 0.6) is 5.95 Å². The molecule has 0 spiro atoms. The molecule has 1 atom stereocenters. The second kappa shape index (κ2) is 9.38. The van der Waals surface area contributed by atoms with Crippen LogP contribution in [0, 0.1) is 5.92 Å². The highest BCUT2D eigenvalue weighted by Gasteiger charge is 2.27. The van der Waals surface area contributed by atoms with Crippen molar-refractivity contribution >= 4 is 40.1 Å². The minimum Gasteiger partial charge on any atom is -0.464 e. The molecule has 0 radical (unpaired) electrons. The van der Waals surface area contributed by atoms with Crippen LogP contribution in [-0.2, 0) is 9.53 Å². The van der Waals surface area contributed by atoms with Crippen LogP contribution in [0.15, 0.2) is 27.4 Å². The fourth-order valence-corrected chi connectivity index (χ4v) is 2.95. The zero-order chi connectivity index (χ0) is 22.6. The van der Waals surface area contributed by atoms with Gasteiger partial charge in [-0.1, -0.05) is 31.5 Å². The number of hydrogen-bond acceptors (Lipinski definition) is 6. The predicted octanol–water partition coefficient (Wildman–Crippen LogP) is 4.33. The fraction of sp³-hybridized carbons (Fsp3) is 0.476. The Morgan fingerprint density at radius 3 is 2.43 bits per heavy atom. The summed E-state index contributed by atoms with van der Waals surface area (Å²) >= 11 is 6.25. The average Bonchev–Trinajstić information content (AvgIpc) is 2.62. The summed E-state index contributed by atoms with van der Waals surface area (Å²) in [5.41, 5.74) is -0.966. The van der Waals surface area contributed by atoms with Crippen molar-refractivity contribution in [2.75, 3.05) is 11.9 Å². The molecule has 2 amide bonds. The molecule has 0 fully saturated rings. The Hall–Kier alpha value is -2.74. The van der Waals surface area contributed by atoms with E-state index in [-0.39, 0.29) is 22.3 Å². The van der Waals surface area contributed by atoms with Crippen LogP contribution in [-0.4, -0.2) is 30.3 Å². The first-order valence-corrected chi connectivity index (χ1v) is 10.00. The first kappa shape index (κ1) is 23.5. The maximum absolute atomic E-state index is 12.8. The molecule has 0 aliphatic heterocycles. The summed E-state index contributed by atoms with van der Waals surface area (Å²) in [6, 6.07) is 3.83. The van der Waals surface area contributed by atoms with Gasteiger partial charge in [0.2, 0.25) is 5.91 Å². The molecular formula is C21H27ClN2O6. The lowest BCUT2D eigenvalue weighted by molar-refractivity contribution is -0.119. The van der Waals surface area contributed by atoms with Gasteiger partial charge in [0.1, 0.15) is 16.7 Å². The topological polar surface area (TPSA) is 107 Å². The SMILES string of the molecule is CCOc1oc(=O)c2cc(NC(=O)C(NC(=O)OC(C)(C)C)C(C)C)ccc2c1Cl. The van der Waals surface area contributed by atoms with Crippen LogP contribution in [0.2, 0.25) is 5.02 Å². The van der Waals surface area contributed by atoms with E-state index < -0.39 is 29.3 Å². The molecule has 1 heterocycles. The summed E-state index contributed by atoms with van der Waals surface area (Å²) in [5, 5.41) is 6.11. The standard InChI is InChI=1S/C21H27ClN2O6/c1-7-28-19-15(22)13-9-8-12(10-14(13)18(26)29-19)23-17(25)16(11(2)3)24-20(27)30-21(4,5)6/h8-11,16H,7H2,1-6H3,(H,23,25)(H,24,27). The number of carbonyl (C=O) groups excluding carboxylic acids is 2. The number of hydrogen-bond donors (Lipinski definition) is 2. The van der Waals surface area contributed by atoms with Gasteiger partial charge in [-0.15, -0.1) is 0 Å². The summed E-state index contributed by atoms with van der Waals surface area (Å²) in [4.78, 5) is 37.1. The number of halogens is 1. The Bertz CT molecular complexity index is 993. The zero-order valence-corrected chi connectivity index (χ0v) is 18.7. The van der Waals surface area contributed by atoms with Crippen molar-refractivity contribution in [2.24, 2.45) is 5.92 Å². The number of carbonyl (C=O) groups is 2. The Balaban J connectivity index is 2.25. The Kier molecular flexibility index (Phi) is 7.36. The third kappa shape index (κ3) is 5.89. The molecule has 0 saturated carbocycles. The molecule has 2 aromatic rings. The van der Waals surface area contributed by atoms with E-state index in [0.717, 1.165) is 0 Å². The number of nitrogens with one attached hydrogen (secondary N) is 2. The number of amides is 2. The first-order chi connectivity index (χ1) is 13.9. The number of ether oxygens (including phenoxy) is 2. The lowest BCUT2D eigenvalue weighted by Gasteiger charge is -2.25. The monoisotopic (exact) mass is 438 g/mol. The minimum atomic E-state index is -0.837. The van der Waals surface area contributed by atoms with Crippen molar-refractivity contribution in [1.82, 2.24) is 5.32 Å². The number of fused-ring (bicyclic) bond motifs is 1. The summed E-state index contributed by atoms with van der Waals surface area (Å²) in [7, 11) is 0. The van der Waals surface area contributed by atoms with Gasteiger partial charge < -0.3 is 24.5 Å². The van der Waals surface area contributed by atoms with E-state index in [1.54, 1.807) is 53.7 Å². The molecule has 1 unspecified atom stereocenters. The van der Waals surface area contributed by atoms with Crippen LogP contribution in [0.1, 0.15) is 41.5 Å². The summed E-state index contributed by atoms with van der Waals surface area (Å²) in [5.74, 6) is -0.697. The normalized spacial score (nSPS) is 12.5. The molecular weight excluding hydrogens is 412 g/mol. The molecule has 8 nitrogen and oxygen atoms in total. The highest BCUT2D eigenvalue weighted by Crippen LogP contribution is 2.31. The molecule has 1 aromatic carbocycles. The third-order valence-corrected chi connectivity index (χ3v) is 4.36. The summed E-state index contributed by atoms with van der Waals surface area (Å²) in [6.45, 7) is 10.8. The molecule has 0 aliphatic rings. The maximum atomic E-state index is 12.8. The molecule has 2 rings (SSSR count). The van der Waals surface area contributed by atoms with Gasteiger partial charge in [0.15, 0.2) is 0 Å². The zero-order valence-electron chi connectivity index (χ0n) is 17.9. The lowest BCUT2D eigenvalue weighted by Crippen LogP contribution is -2.48. The van der Waals surface area contributed by atoms with Crippen LogP contribution < -0.4 is 21.0 Å². The number of alkyl carbamates (subject to hydrolysis) is 1. The van der Waals surface area contributed by atoms with Crippen molar-refractivity contribution in [3.8, 4) is 5.95 Å². The van der Waals surface area contributed by atoms with E-state index in [2.05, 4.69) is 10.6 Å². The third-order valence-electron chi connectivity index (χ3n) is 4.00. The van der Waals surface area contributed by atoms with Crippen LogP contribution >= 0.6 is 11.6 Å². The van der Waals surface area contributed by atoms with Crippen molar-refractivity contribution in [2.45, 2.75) is 53.2 Å². The van der Waals surface area contributed by atoms with Crippen molar-refractivity contribution in [3.63, 3.8) is 0 Å². The van der Waals surface area contributed by atoms with Crippen LogP contribution in [0.25, 0.3) is 10.8 Å². The van der Waals surface area contributed by atoms with Crippen LogP contribution in [0.4, 0.5) is 10.5 Å². The number of rotatable bonds is 6. The quantitative estimate of drug-likeness (QED) is 0.695. The first-order valence-electron chi connectivity index (χ1n) is 9.62. The molecule has 164 valence electrons.